The van der Waals surface area contributed by atoms with Crippen molar-refractivity contribution < 1.29 is 4.79 Å². The summed E-state index contributed by atoms with van der Waals surface area (Å²) < 4.78 is 0. The van der Waals surface area contributed by atoms with Gasteiger partial charge in [-0.15, -0.1) is 12.3 Å². The van der Waals surface area contributed by atoms with E-state index in [0.29, 0.717) is 0 Å². The van der Waals surface area contributed by atoms with Crippen LogP contribution in [0.1, 0.15) is 32.6 Å². The van der Waals surface area contributed by atoms with Crippen LogP contribution in [0, 0.1) is 12.3 Å². The number of alkyl halides is 1. The summed E-state index contributed by atoms with van der Waals surface area (Å²) in [7, 11) is 0. The van der Waals surface area contributed by atoms with Crippen molar-refractivity contribution in [2.45, 2.75) is 37.4 Å². The first kappa shape index (κ1) is 12.5. The predicted octanol–water partition coefficient (Wildman–Crippen LogP) is 2.08. The van der Waals surface area contributed by atoms with Crippen molar-refractivity contribution in [2.24, 2.45) is 0 Å². The quantitative estimate of drug-likeness (QED) is 0.434. The number of terminal acetylenes is 1. The number of carbonyl (C=O) groups excluding carboxylic acids is 1. The highest BCUT2D eigenvalue weighted by atomic mass is 79.9. The lowest BCUT2D eigenvalue weighted by molar-refractivity contribution is -0.120. The van der Waals surface area contributed by atoms with Crippen LogP contribution < -0.4 is 5.32 Å². The van der Waals surface area contributed by atoms with Gasteiger partial charge in [-0.3, -0.25) is 4.79 Å². The van der Waals surface area contributed by atoms with Crippen LogP contribution >= 0.6 is 15.9 Å². The predicted molar refractivity (Wildman–Crippen MR) is 58.7 cm³/mol. The minimum Gasteiger partial charge on any atom is -0.355 e. The molecule has 0 fully saturated rings. The molecule has 0 radical (unpaired) electrons. The second-order valence-corrected chi connectivity index (χ2v) is 3.93. The standard InChI is InChI=1S/C10H16BrNO/c1-3-5-6-7-8-12-10(13)9(11)4-2/h1,9H,4-8H2,2H3,(H,12,13). The van der Waals surface area contributed by atoms with E-state index >= 15 is 0 Å². The molecule has 1 unspecified atom stereocenters. The Hall–Kier alpha value is -0.490. The fourth-order valence-corrected chi connectivity index (χ4v) is 1.02. The van der Waals surface area contributed by atoms with Crippen LogP contribution in [-0.2, 0) is 4.79 Å². The first-order valence-corrected chi connectivity index (χ1v) is 5.49. The van der Waals surface area contributed by atoms with Gasteiger partial charge in [-0.25, -0.2) is 0 Å². The average Bonchev–Trinajstić information content (AvgIpc) is 2.16. The first-order chi connectivity index (χ1) is 6.22. The molecule has 74 valence electrons. The molecule has 2 nitrogen and oxygen atoms in total. The van der Waals surface area contributed by atoms with Crippen molar-refractivity contribution in [3.8, 4) is 12.3 Å². The highest BCUT2D eigenvalue weighted by Gasteiger charge is 2.10. The smallest absolute Gasteiger partial charge is 0.233 e. The second-order valence-electron chi connectivity index (χ2n) is 2.83. The maximum atomic E-state index is 11.2. The highest BCUT2D eigenvalue weighted by molar-refractivity contribution is 9.10. The van der Waals surface area contributed by atoms with E-state index in [2.05, 4.69) is 27.2 Å². The Morgan fingerprint density at radius 1 is 1.62 bits per heavy atom. The van der Waals surface area contributed by atoms with Crippen molar-refractivity contribution in [1.29, 1.82) is 0 Å². The van der Waals surface area contributed by atoms with Crippen LogP contribution in [0.2, 0.25) is 0 Å². The Balaban J connectivity index is 3.33. The molecule has 0 aliphatic rings. The van der Waals surface area contributed by atoms with Gasteiger partial charge in [0.15, 0.2) is 0 Å². The van der Waals surface area contributed by atoms with E-state index < -0.39 is 0 Å². The number of unbranched alkanes of at least 4 members (excludes halogenated alkanes) is 2. The molecular weight excluding hydrogens is 230 g/mol. The molecule has 0 heterocycles. The third-order valence-electron chi connectivity index (χ3n) is 1.69. The molecule has 0 aromatic carbocycles. The van der Waals surface area contributed by atoms with Crippen molar-refractivity contribution in [2.75, 3.05) is 6.54 Å². The van der Waals surface area contributed by atoms with Gasteiger partial charge in [-0.05, 0) is 19.3 Å². The van der Waals surface area contributed by atoms with Crippen LogP contribution in [-0.4, -0.2) is 17.3 Å². The topological polar surface area (TPSA) is 29.1 Å². The van der Waals surface area contributed by atoms with Crippen molar-refractivity contribution >= 4 is 21.8 Å². The number of nitrogens with one attached hydrogen (secondary N) is 1. The Bertz CT molecular complexity index is 186. The van der Waals surface area contributed by atoms with E-state index in [0.717, 1.165) is 32.2 Å². The van der Waals surface area contributed by atoms with E-state index in [1.807, 2.05) is 6.92 Å². The number of halogens is 1. The zero-order chi connectivity index (χ0) is 10.1. The minimum atomic E-state index is -0.0554. The summed E-state index contributed by atoms with van der Waals surface area (Å²) in [6.45, 7) is 2.69. The van der Waals surface area contributed by atoms with Gasteiger partial charge in [0.25, 0.3) is 0 Å². The van der Waals surface area contributed by atoms with Crippen LogP contribution in [0.15, 0.2) is 0 Å². The molecule has 0 aromatic heterocycles. The van der Waals surface area contributed by atoms with E-state index in [1.54, 1.807) is 0 Å². The van der Waals surface area contributed by atoms with Gasteiger partial charge in [0.2, 0.25) is 5.91 Å². The first-order valence-electron chi connectivity index (χ1n) is 4.57. The molecule has 0 saturated carbocycles. The number of rotatable bonds is 6. The Kier molecular flexibility index (Phi) is 7.82. The molecule has 0 aliphatic carbocycles. The average molecular weight is 246 g/mol. The summed E-state index contributed by atoms with van der Waals surface area (Å²) in [5.74, 6) is 2.64. The summed E-state index contributed by atoms with van der Waals surface area (Å²) in [4.78, 5) is 11.2. The van der Waals surface area contributed by atoms with E-state index in [1.165, 1.54) is 0 Å². The monoisotopic (exact) mass is 245 g/mol. The summed E-state index contributed by atoms with van der Waals surface area (Å²) >= 11 is 3.28. The fraction of sp³-hybridized carbons (Fsp3) is 0.700. The van der Waals surface area contributed by atoms with Gasteiger partial charge in [0.05, 0.1) is 4.83 Å². The normalized spacial score (nSPS) is 11.8. The maximum Gasteiger partial charge on any atom is 0.233 e. The lowest BCUT2D eigenvalue weighted by atomic mass is 10.2. The van der Waals surface area contributed by atoms with Crippen molar-refractivity contribution in [3.05, 3.63) is 0 Å². The SMILES string of the molecule is C#CCCCCNC(=O)C(Br)CC. The second kappa shape index (κ2) is 8.12. The molecule has 0 spiro atoms. The summed E-state index contributed by atoms with van der Waals surface area (Å²) in [6.07, 6.45) is 8.64. The van der Waals surface area contributed by atoms with Gasteiger partial charge < -0.3 is 5.32 Å². The summed E-state index contributed by atoms with van der Waals surface area (Å²) in [5, 5.41) is 2.84. The molecule has 0 aromatic rings. The zero-order valence-corrected chi connectivity index (χ0v) is 9.56. The number of amides is 1. The molecule has 1 amide bonds. The molecule has 0 aliphatic heterocycles. The molecular formula is C10H16BrNO. The molecule has 3 heteroatoms. The molecule has 13 heavy (non-hydrogen) atoms. The van der Waals surface area contributed by atoms with E-state index in [4.69, 9.17) is 6.42 Å². The summed E-state index contributed by atoms with van der Waals surface area (Å²) in [6, 6.07) is 0. The van der Waals surface area contributed by atoms with Gasteiger partial charge in [0.1, 0.15) is 0 Å². The van der Waals surface area contributed by atoms with Crippen molar-refractivity contribution in [1.82, 2.24) is 5.32 Å². The van der Waals surface area contributed by atoms with E-state index in [9.17, 15) is 4.79 Å². The molecule has 0 rings (SSSR count). The van der Waals surface area contributed by atoms with Gasteiger partial charge >= 0.3 is 0 Å². The van der Waals surface area contributed by atoms with Crippen molar-refractivity contribution in [3.63, 3.8) is 0 Å². The molecule has 0 saturated heterocycles. The summed E-state index contributed by atoms with van der Waals surface area (Å²) in [5.41, 5.74) is 0. The number of carbonyl (C=O) groups is 1. The minimum absolute atomic E-state index is 0.0554. The lowest BCUT2D eigenvalue weighted by Gasteiger charge is -2.07. The lowest BCUT2D eigenvalue weighted by Crippen LogP contribution is -2.31. The van der Waals surface area contributed by atoms with Gasteiger partial charge in [-0.1, -0.05) is 22.9 Å². The van der Waals surface area contributed by atoms with Crippen LogP contribution in [0.25, 0.3) is 0 Å². The van der Waals surface area contributed by atoms with Crippen LogP contribution in [0.3, 0.4) is 0 Å². The number of hydrogen-bond acceptors (Lipinski definition) is 1. The largest absolute Gasteiger partial charge is 0.355 e. The molecule has 1 atom stereocenters. The number of hydrogen-bond donors (Lipinski definition) is 1. The maximum absolute atomic E-state index is 11.2. The van der Waals surface area contributed by atoms with Gasteiger partial charge in [-0.2, -0.15) is 0 Å². The van der Waals surface area contributed by atoms with Crippen LogP contribution in [0.4, 0.5) is 0 Å². The molecule has 1 N–H and O–H groups in total. The van der Waals surface area contributed by atoms with E-state index in [-0.39, 0.29) is 10.7 Å². The Morgan fingerprint density at radius 2 is 2.31 bits per heavy atom. The Morgan fingerprint density at radius 3 is 2.85 bits per heavy atom. The Labute approximate surface area is 88.6 Å². The third-order valence-corrected chi connectivity index (χ3v) is 2.75. The fourth-order valence-electron chi connectivity index (χ4n) is 0.860. The molecule has 0 bridgehead atoms. The van der Waals surface area contributed by atoms with Gasteiger partial charge in [0, 0.05) is 13.0 Å². The highest BCUT2D eigenvalue weighted by Crippen LogP contribution is 2.03. The third kappa shape index (κ3) is 6.65. The van der Waals surface area contributed by atoms with Crippen LogP contribution in [0.5, 0.6) is 0 Å². The zero-order valence-electron chi connectivity index (χ0n) is 7.98.